The fourth-order valence-electron chi connectivity index (χ4n) is 3.58. The molecule has 5 nitrogen and oxygen atoms in total. The summed E-state index contributed by atoms with van der Waals surface area (Å²) in [6.45, 7) is 4.78. The summed E-state index contributed by atoms with van der Waals surface area (Å²) in [5.74, 6) is -5.30. The summed E-state index contributed by atoms with van der Waals surface area (Å²) < 4.78 is 27.6. The number of benzene rings is 3. The van der Waals surface area contributed by atoms with E-state index in [0.717, 1.165) is 35.9 Å². The molecule has 0 saturated heterocycles. The van der Waals surface area contributed by atoms with E-state index >= 15 is 0 Å². The van der Waals surface area contributed by atoms with Crippen LogP contribution in [0.25, 0.3) is 0 Å². The number of aryl methyl sites for hydroxylation is 2. The van der Waals surface area contributed by atoms with Crippen LogP contribution in [0.3, 0.4) is 0 Å². The molecule has 0 atom stereocenters. The van der Waals surface area contributed by atoms with Gasteiger partial charge in [-0.05, 0) is 66.9 Å². The van der Waals surface area contributed by atoms with E-state index in [-0.39, 0.29) is 18.2 Å². The van der Waals surface area contributed by atoms with E-state index in [4.69, 9.17) is 0 Å². The minimum atomic E-state index is -3.55. The number of Topliss-reactive ketones (excluding diaryl/α,β-unsaturated/α-hetero) is 1. The summed E-state index contributed by atoms with van der Waals surface area (Å²) in [5.41, 5.74) is 4.03. The lowest BCUT2D eigenvalue weighted by Crippen LogP contribution is -2.26. The van der Waals surface area contributed by atoms with Crippen LogP contribution in [-0.4, -0.2) is 24.6 Å². The standard InChI is InChI=1S/C27H26F2N2O3/c1-17-13-18(2)15-24(14-17)31(4)26(34)21-7-11-23(12-8-21)30-25(33)16-20-5-9-22(10-6-20)27(28,29)19(3)32/h5-15H,16H2,1-4H3,(H,30,33). The molecule has 0 bridgehead atoms. The van der Waals surface area contributed by atoms with Gasteiger partial charge >= 0.3 is 5.92 Å². The van der Waals surface area contributed by atoms with E-state index in [1.807, 2.05) is 32.0 Å². The Hall–Kier alpha value is -3.87. The van der Waals surface area contributed by atoms with Crippen LogP contribution in [0.1, 0.15) is 39.5 Å². The monoisotopic (exact) mass is 464 g/mol. The van der Waals surface area contributed by atoms with Crippen LogP contribution >= 0.6 is 0 Å². The first-order chi connectivity index (χ1) is 16.0. The van der Waals surface area contributed by atoms with Gasteiger partial charge in [0.25, 0.3) is 5.91 Å². The van der Waals surface area contributed by atoms with Gasteiger partial charge in [0.15, 0.2) is 0 Å². The van der Waals surface area contributed by atoms with Crippen LogP contribution in [-0.2, 0) is 21.9 Å². The van der Waals surface area contributed by atoms with Crippen molar-refractivity contribution in [1.29, 1.82) is 0 Å². The van der Waals surface area contributed by atoms with E-state index in [2.05, 4.69) is 5.32 Å². The third-order valence-electron chi connectivity index (χ3n) is 5.44. The lowest BCUT2D eigenvalue weighted by Gasteiger charge is -2.19. The first-order valence-corrected chi connectivity index (χ1v) is 10.7. The number of ketones is 1. The van der Waals surface area contributed by atoms with Crippen molar-refractivity contribution < 1.29 is 23.2 Å². The summed E-state index contributed by atoms with van der Waals surface area (Å²) in [7, 11) is 1.71. The molecule has 0 aliphatic heterocycles. The summed E-state index contributed by atoms with van der Waals surface area (Å²) in [6.07, 6.45) is -0.0257. The number of anilines is 2. The maximum absolute atomic E-state index is 13.8. The number of carbonyl (C=O) groups is 3. The number of amides is 2. The SMILES string of the molecule is CC(=O)C(F)(F)c1ccc(CC(=O)Nc2ccc(C(=O)N(C)c3cc(C)cc(C)c3)cc2)cc1. The molecule has 3 rings (SSSR count). The van der Waals surface area contributed by atoms with Crippen molar-refractivity contribution in [3.05, 3.63) is 94.5 Å². The number of nitrogens with one attached hydrogen (secondary N) is 1. The zero-order valence-corrected chi connectivity index (χ0v) is 19.5. The predicted molar refractivity (Wildman–Crippen MR) is 128 cm³/mol. The number of hydrogen-bond donors (Lipinski definition) is 1. The Labute approximate surface area is 197 Å². The Bertz CT molecular complexity index is 1200. The third-order valence-corrected chi connectivity index (χ3v) is 5.44. The van der Waals surface area contributed by atoms with E-state index in [1.54, 1.807) is 36.2 Å². The van der Waals surface area contributed by atoms with Gasteiger partial charge in [0.2, 0.25) is 11.7 Å². The van der Waals surface area contributed by atoms with Gasteiger partial charge in [-0.2, -0.15) is 8.78 Å². The topological polar surface area (TPSA) is 66.5 Å². The molecule has 3 aromatic rings. The van der Waals surface area contributed by atoms with Gasteiger partial charge in [0.1, 0.15) is 0 Å². The van der Waals surface area contributed by atoms with Crippen molar-refractivity contribution in [2.24, 2.45) is 0 Å². The Morgan fingerprint density at radius 2 is 1.44 bits per heavy atom. The molecule has 34 heavy (non-hydrogen) atoms. The van der Waals surface area contributed by atoms with E-state index < -0.39 is 17.3 Å². The minimum Gasteiger partial charge on any atom is -0.326 e. The van der Waals surface area contributed by atoms with Crippen molar-refractivity contribution in [1.82, 2.24) is 0 Å². The number of rotatable bonds is 7. The molecule has 0 saturated carbocycles. The van der Waals surface area contributed by atoms with Crippen LogP contribution in [0, 0.1) is 13.8 Å². The van der Waals surface area contributed by atoms with Gasteiger partial charge in [-0.1, -0.05) is 30.3 Å². The molecule has 176 valence electrons. The number of nitrogens with zero attached hydrogens (tertiary/aromatic N) is 1. The molecule has 0 aliphatic rings. The average molecular weight is 465 g/mol. The highest BCUT2D eigenvalue weighted by molar-refractivity contribution is 6.06. The van der Waals surface area contributed by atoms with E-state index in [1.165, 1.54) is 12.1 Å². The fraction of sp³-hybridized carbons (Fsp3) is 0.222. The second kappa shape index (κ2) is 9.95. The fourth-order valence-corrected chi connectivity index (χ4v) is 3.58. The summed E-state index contributed by atoms with van der Waals surface area (Å²) in [5, 5.41) is 2.73. The second-order valence-corrected chi connectivity index (χ2v) is 8.34. The molecular weight excluding hydrogens is 438 g/mol. The Balaban J connectivity index is 1.62. The largest absolute Gasteiger partial charge is 0.330 e. The van der Waals surface area contributed by atoms with Gasteiger partial charge in [-0.15, -0.1) is 0 Å². The summed E-state index contributed by atoms with van der Waals surface area (Å²) in [6, 6.07) is 17.6. The van der Waals surface area contributed by atoms with Crippen molar-refractivity contribution in [3.63, 3.8) is 0 Å². The molecule has 0 spiro atoms. The van der Waals surface area contributed by atoms with Crippen LogP contribution < -0.4 is 10.2 Å². The zero-order valence-electron chi connectivity index (χ0n) is 19.5. The maximum atomic E-state index is 13.8. The number of alkyl halides is 2. The molecule has 0 heterocycles. The average Bonchev–Trinajstić information content (AvgIpc) is 2.78. The number of hydrogen-bond acceptors (Lipinski definition) is 3. The van der Waals surface area contributed by atoms with Gasteiger partial charge in [-0.3, -0.25) is 14.4 Å². The highest BCUT2D eigenvalue weighted by Crippen LogP contribution is 2.29. The van der Waals surface area contributed by atoms with Crippen LogP contribution in [0.15, 0.2) is 66.7 Å². The van der Waals surface area contributed by atoms with Crippen LogP contribution in [0.2, 0.25) is 0 Å². The molecule has 1 N–H and O–H groups in total. The Morgan fingerprint density at radius 1 is 0.882 bits per heavy atom. The summed E-state index contributed by atoms with van der Waals surface area (Å²) >= 11 is 0. The molecule has 0 unspecified atom stereocenters. The highest BCUT2D eigenvalue weighted by atomic mass is 19.3. The zero-order chi connectivity index (χ0) is 25.0. The van der Waals surface area contributed by atoms with Crippen molar-refractivity contribution in [2.45, 2.75) is 33.1 Å². The Kier molecular flexibility index (Phi) is 7.25. The van der Waals surface area contributed by atoms with Crippen molar-refractivity contribution in [2.75, 3.05) is 17.3 Å². The maximum Gasteiger partial charge on any atom is 0.330 e. The molecule has 3 aromatic carbocycles. The van der Waals surface area contributed by atoms with Crippen LogP contribution in [0.5, 0.6) is 0 Å². The minimum absolute atomic E-state index is 0.0257. The predicted octanol–water partition coefficient (Wildman–Crippen LogP) is 5.44. The normalized spacial score (nSPS) is 11.1. The molecule has 0 aromatic heterocycles. The first kappa shape index (κ1) is 24.8. The van der Waals surface area contributed by atoms with Gasteiger partial charge < -0.3 is 10.2 Å². The van der Waals surface area contributed by atoms with Gasteiger partial charge in [-0.25, -0.2) is 0 Å². The highest BCUT2D eigenvalue weighted by Gasteiger charge is 2.37. The van der Waals surface area contributed by atoms with Crippen LogP contribution in [0.4, 0.5) is 20.2 Å². The molecule has 0 radical (unpaired) electrons. The number of carbonyl (C=O) groups excluding carboxylic acids is 3. The first-order valence-electron chi connectivity index (χ1n) is 10.7. The van der Waals surface area contributed by atoms with Gasteiger partial charge in [0.05, 0.1) is 6.42 Å². The van der Waals surface area contributed by atoms with Crippen molar-refractivity contribution >= 4 is 29.0 Å². The lowest BCUT2D eigenvalue weighted by molar-refractivity contribution is -0.141. The Morgan fingerprint density at radius 3 is 1.97 bits per heavy atom. The smallest absolute Gasteiger partial charge is 0.326 e. The number of halogens is 2. The lowest BCUT2D eigenvalue weighted by atomic mass is 10.0. The molecule has 7 heteroatoms. The van der Waals surface area contributed by atoms with E-state index in [0.29, 0.717) is 16.8 Å². The molecule has 0 fully saturated rings. The van der Waals surface area contributed by atoms with Crippen molar-refractivity contribution in [3.8, 4) is 0 Å². The van der Waals surface area contributed by atoms with Gasteiger partial charge in [0, 0.05) is 36.5 Å². The quantitative estimate of drug-likeness (QED) is 0.506. The molecule has 0 aliphatic carbocycles. The molecular formula is C27H26F2N2O3. The summed E-state index contributed by atoms with van der Waals surface area (Å²) in [4.78, 5) is 37.9. The second-order valence-electron chi connectivity index (χ2n) is 8.34. The third kappa shape index (κ3) is 5.73. The van der Waals surface area contributed by atoms with E-state index in [9.17, 15) is 23.2 Å². The molecule has 2 amide bonds.